The number of fused-ring (bicyclic) bond motifs is 1. The second-order valence-electron chi connectivity index (χ2n) is 3.65. The van der Waals surface area contributed by atoms with E-state index in [-0.39, 0.29) is 0 Å². The highest BCUT2D eigenvalue weighted by molar-refractivity contribution is 7.15. The Bertz CT molecular complexity index is 613. The van der Waals surface area contributed by atoms with Gasteiger partial charge in [0, 0.05) is 23.3 Å². The SMILES string of the molecule is CCOc1ccccc1-c1cn2ccsc2n1. The third-order valence-electron chi connectivity index (χ3n) is 2.56. The second-order valence-corrected chi connectivity index (χ2v) is 4.52. The first-order valence-electron chi connectivity index (χ1n) is 5.53. The summed E-state index contributed by atoms with van der Waals surface area (Å²) < 4.78 is 7.65. The average molecular weight is 244 g/mol. The zero-order valence-electron chi connectivity index (χ0n) is 9.46. The van der Waals surface area contributed by atoms with Crippen LogP contribution in [0.4, 0.5) is 0 Å². The molecule has 0 N–H and O–H groups in total. The van der Waals surface area contributed by atoms with Gasteiger partial charge in [0.25, 0.3) is 0 Å². The van der Waals surface area contributed by atoms with Crippen LogP contribution in [-0.2, 0) is 0 Å². The van der Waals surface area contributed by atoms with E-state index in [9.17, 15) is 0 Å². The quantitative estimate of drug-likeness (QED) is 0.705. The third kappa shape index (κ3) is 1.80. The van der Waals surface area contributed by atoms with Gasteiger partial charge < -0.3 is 4.74 Å². The highest BCUT2D eigenvalue weighted by Crippen LogP contribution is 2.29. The van der Waals surface area contributed by atoms with Crippen molar-refractivity contribution in [2.45, 2.75) is 6.92 Å². The lowest BCUT2D eigenvalue weighted by molar-refractivity contribution is 0.341. The predicted molar refractivity (Wildman–Crippen MR) is 69.7 cm³/mol. The smallest absolute Gasteiger partial charge is 0.194 e. The van der Waals surface area contributed by atoms with Crippen LogP contribution in [0.5, 0.6) is 5.75 Å². The van der Waals surface area contributed by atoms with Gasteiger partial charge in [-0.1, -0.05) is 12.1 Å². The van der Waals surface area contributed by atoms with Crippen LogP contribution in [0, 0.1) is 0 Å². The summed E-state index contributed by atoms with van der Waals surface area (Å²) in [6.45, 7) is 2.65. The number of nitrogens with zero attached hydrogens (tertiary/aromatic N) is 2. The fraction of sp³-hybridized carbons (Fsp3) is 0.154. The van der Waals surface area contributed by atoms with Crippen molar-refractivity contribution in [2.24, 2.45) is 0 Å². The Kier molecular flexibility index (Phi) is 2.57. The molecule has 0 radical (unpaired) electrons. The number of hydrogen-bond donors (Lipinski definition) is 0. The lowest BCUT2D eigenvalue weighted by Gasteiger charge is -2.07. The van der Waals surface area contributed by atoms with Crippen molar-refractivity contribution < 1.29 is 4.74 Å². The largest absolute Gasteiger partial charge is 0.493 e. The van der Waals surface area contributed by atoms with Crippen molar-refractivity contribution in [3.63, 3.8) is 0 Å². The lowest BCUT2D eigenvalue weighted by atomic mass is 10.1. The van der Waals surface area contributed by atoms with Crippen molar-refractivity contribution in [3.05, 3.63) is 42.0 Å². The van der Waals surface area contributed by atoms with Gasteiger partial charge in [0.05, 0.1) is 12.3 Å². The molecule has 1 aromatic carbocycles. The van der Waals surface area contributed by atoms with Gasteiger partial charge in [-0.2, -0.15) is 0 Å². The maximum Gasteiger partial charge on any atom is 0.194 e. The molecule has 0 unspecified atom stereocenters. The van der Waals surface area contributed by atoms with Gasteiger partial charge >= 0.3 is 0 Å². The minimum Gasteiger partial charge on any atom is -0.493 e. The van der Waals surface area contributed by atoms with E-state index >= 15 is 0 Å². The molecule has 17 heavy (non-hydrogen) atoms. The normalized spacial score (nSPS) is 10.9. The van der Waals surface area contributed by atoms with Gasteiger partial charge in [-0.25, -0.2) is 4.98 Å². The Labute approximate surface area is 103 Å². The fourth-order valence-corrected chi connectivity index (χ4v) is 2.52. The molecule has 0 saturated carbocycles. The van der Waals surface area contributed by atoms with Crippen LogP contribution in [0.3, 0.4) is 0 Å². The second kappa shape index (κ2) is 4.22. The highest BCUT2D eigenvalue weighted by atomic mass is 32.1. The van der Waals surface area contributed by atoms with Gasteiger partial charge in [-0.3, -0.25) is 4.40 Å². The van der Waals surface area contributed by atoms with E-state index in [1.54, 1.807) is 11.3 Å². The molecule has 2 heterocycles. The Hall–Kier alpha value is -1.81. The molecule has 0 saturated heterocycles. The standard InChI is InChI=1S/C13H12N2OS/c1-2-16-12-6-4-3-5-10(12)11-9-15-7-8-17-13(15)14-11/h3-9H,2H2,1H3. The van der Waals surface area contributed by atoms with Crippen molar-refractivity contribution in [1.29, 1.82) is 0 Å². The number of para-hydroxylation sites is 1. The zero-order valence-corrected chi connectivity index (χ0v) is 10.3. The molecule has 0 fully saturated rings. The summed E-state index contributed by atoms with van der Waals surface area (Å²) in [5.41, 5.74) is 2.01. The Morgan fingerprint density at radius 2 is 2.24 bits per heavy atom. The molecular weight excluding hydrogens is 232 g/mol. The Balaban J connectivity index is 2.11. The molecule has 3 aromatic rings. The molecule has 3 nitrogen and oxygen atoms in total. The van der Waals surface area contributed by atoms with Crippen LogP contribution in [0.15, 0.2) is 42.0 Å². The van der Waals surface area contributed by atoms with E-state index in [4.69, 9.17) is 4.74 Å². The first kappa shape index (κ1) is 10.4. The van der Waals surface area contributed by atoms with E-state index in [0.717, 1.165) is 22.0 Å². The third-order valence-corrected chi connectivity index (χ3v) is 3.33. The van der Waals surface area contributed by atoms with Crippen molar-refractivity contribution in [3.8, 4) is 17.0 Å². The maximum absolute atomic E-state index is 5.62. The maximum atomic E-state index is 5.62. The summed E-state index contributed by atoms with van der Waals surface area (Å²) >= 11 is 1.63. The van der Waals surface area contributed by atoms with E-state index in [0.29, 0.717) is 6.61 Å². The molecule has 0 aliphatic carbocycles. The van der Waals surface area contributed by atoms with Gasteiger partial charge in [-0.15, -0.1) is 11.3 Å². The van der Waals surface area contributed by atoms with Crippen LogP contribution in [0.2, 0.25) is 0 Å². The number of aromatic nitrogens is 2. The first-order chi connectivity index (χ1) is 8.38. The van der Waals surface area contributed by atoms with Crippen molar-refractivity contribution >= 4 is 16.3 Å². The topological polar surface area (TPSA) is 26.5 Å². The van der Waals surface area contributed by atoms with Crippen LogP contribution < -0.4 is 4.74 Å². The monoisotopic (exact) mass is 244 g/mol. The summed E-state index contributed by atoms with van der Waals surface area (Å²) in [7, 11) is 0. The lowest BCUT2D eigenvalue weighted by Crippen LogP contribution is -1.93. The highest BCUT2D eigenvalue weighted by Gasteiger charge is 2.09. The predicted octanol–water partition coefficient (Wildman–Crippen LogP) is 3.46. The summed E-state index contributed by atoms with van der Waals surface area (Å²) in [6.07, 6.45) is 4.05. The van der Waals surface area contributed by atoms with E-state index in [1.165, 1.54) is 0 Å². The molecule has 3 rings (SSSR count). The van der Waals surface area contributed by atoms with Crippen molar-refractivity contribution in [2.75, 3.05) is 6.61 Å². The fourth-order valence-electron chi connectivity index (χ4n) is 1.82. The summed E-state index contributed by atoms with van der Waals surface area (Å²) in [5.74, 6) is 0.890. The molecule has 0 spiro atoms. The molecule has 0 aliphatic heterocycles. The molecule has 0 amide bonds. The summed E-state index contributed by atoms with van der Waals surface area (Å²) in [5, 5.41) is 2.03. The van der Waals surface area contributed by atoms with Crippen LogP contribution in [-0.4, -0.2) is 16.0 Å². The average Bonchev–Trinajstić information content (AvgIpc) is 2.90. The van der Waals surface area contributed by atoms with Crippen LogP contribution in [0.25, 0.3) is 16.2 Å². The molecule has 86 valence electrons. The molecule has 2 aromatic heterocycles. The number of benzene rings is 1. The minimum atomic E-state index is 0.666. The Morgan fingerprint density at radius 3 is 3.06 bits per heavy atom. The van der Waals surface area contributed by atoms with E-state index in [1.807, 2.05) is 53.4 Å². The van der Waals surface area contributed by atoms with Gasteiger partial charge in [0.2, 0.25) is 0 Å². The molecule has 0 atom stereocenters. The summed E-state index contributed by atoms with van der Waals surface area (Å²) in [6, 6.07) is 8.00. The van der Waals surface area contributed by atoms with E-state index < -0.39 is 0 Å². The molecule has 0 aliphatic rings. The minimum absolute atomic E-state index is 0.666. The number of imidazole rings is 1. The number of thiazole rings is 1. The van der Waals surface area contributed by atoms with Crippen LogP contribution >= 0.6 is 11.3 Å². The van der Waals surface area contributed by atoms with Gasteiger partial charge in [-0.05, 0) is 19.1 Å². The molecule has 0 bridgehead atoms. The van der Waals surface area contributed by atoms with Crippen LogP contribution in [0.1, 0.15) is 6.92 Å². The summed E-state index contributed by atoms with van der Waals surface area (Å²) in [4.78, 5) is 5.59. The number of ether oxygens (including phenoxy) is 1. The first-order valence-corrected chi connectivity index (χ1v) is 6.41. The number of hydrogen-bond acceptors (Lipinski definition) is 3. The van der Waals surface area contributed by atoms with Gasteiger partial charge in [0.15, 0.2) is 4.96 Å². The molecular formula is C13H12N2OS. The zero-order chi connectivity index (χ0) is 11.7. The van der Waals surface area contributed by atoms with Crippen molar-refractivity contribution in [1.82, 2.24) is 9.38 Å². The Morgan fingerprint density at radius 1 is 1.35 bits per heavy atom. The molecule has 4 heteroatoms. The number of rotatable bonds is 3. The van der Waals surface area contributed by atoms with Gasteiger partial charge in [0.1, 0.15) is 5.75 Å². The van der Waals surface area contributed by atoms with E-state index in [2.05, 4.69) is 4.98 Å².